The lowest BCUT2D eigenvalue weighted by Crippen LogP contribution is -2.29. The number of benzene rings is 2. The van der Waals surface area contributed by atoms with Crippen molar-refractivity contribution in [2.45, 2.75) is 37.0 Å². The minimum Gasteiger partial charge on any atom is -0.372 e. The molecule has 2 aromatic carbocycles. The molecule has 1 aliphatic heterocycles. The van der Waals surface area contributed by atoms with Crippen LogP contribution in [0.4, 0.5) is 11.4 Å². The first-order chi connectivity index (χ1) is 13.5. The number of sulfonamides is 1. The van der Waals surface area contributed by atoms with Gasteiger partial charge in [-0.3, -0.25) is 4.79 Å². The topological polar surface area (TPSA) is 78.5 Å². The van der Waals surface area contributed by atoms with Gasteiger partial charge in [-0.1, -0.05) is 12.1 Å². The molecule has 1 fully saturated rings. The Kier molecular flexibility index (Phi) is 6.70. The molecule has 1 amide bonds. The van der Waals surface area contributed by atoms with Crippen molar-refractivity contribution in [3.05, 3.63) is 54.1 Å². The number of carbonyl (C=O) groups is 1. The van der Waals surface area contributed by atoms with Crippen molar-refractivity contribution in [3.8, 4) is 0 Å². The molecule has 0 aromatic heterocycles. The van der Waals surface area contributed by atoms with Gasteiger partial charge in [0.1, 0.15) is 0 Å². The van der Waals surface area contributed by atoms with Crippen LogP contribution in [-0.4, -0.2) is 34.5 Å². The first kappa shape index (κ1) is 20.4. The van der Waals surface area contributed by atoms with E-state index in [0.29, 0.717) is 12.8 Å². The van der Waals surface area contributed by atoms with Gasteiger partial charge in [-0.15, -0.1) is 0 Å². The number of piperidine rings is 1. The summed E-state index contributed by atoms with van der Waals surface area (Å²) < 4.78 is 25.7. The lowest BCUT2D eigenvalue weighted by Gasteiger charge is -2.28. The average molecular weight is 402 g/mol. The van der Waals surface area contributed by atoms with E-state index in [1.165, 1.54) is 32.0 Å². The van der Waals surface area contributed by atoms with E-state index in [2.05, 4.69) is 27.1 Å². The summed E-state index contributed by atoms with van der Waals surface area (Å²) in [6.45, 7) is 2.19. The smallest absolute Gasteiger partial charge is 0.240 e. The number of anilines is 2. The number of aryl methyl sites for hydroxylation is 1. The van der Waals surface area contributed by atoms with E-state index in [4.69, 9.17) is 0 Å². The summed E-state index contributed by atoms with van der Waals surface area (Å²) in [6.07, 6.45) is 4.67. The summed E-state index contributed by atoms with van der Waals surface area (Å²) >= 11 is 0. The molecule has 3 rings (SSSR count). The van der Waals surface area contributed by atoms with Crippen LogP contribution in [0.2, 0.25) is 0 Å². The van der Waals surface area contributed by atoms with E-state index in [1.807, 2.05) is 12.1 Å². The first-order valence-electron chi connectivity index (χ1n) is 9.65. The molecule has 2 N–H and O–H groups in total. The van der Waals surface area contributed by atoms with Gasteiger partial charge >= 0.3 is 0 Å². The Balaban J connectivity index is 1.50. The van der Waals surface area contributed by atoms with Crippen molar-refractivity contribution in [2.24, 2.45) is 0 Å². The van der Waals surface area contributed by atoms with Crippen LogP contribution < -0.4 is 14.9 Å². The maximum atomic E-state index is 12.2. The highest BCUT2D eigenvalue weighted by Gasteiger charge is 2.12. The third-order valence-electron chi connectivity index (χ3n) is 5.02. The van der Waals surface area contributed by atoms with E-state index >= 15 is 0 Å². The molecular formula is C21H27N3O3S. The lowest BCUT2D eigenvalue weighted by molar-refractivity contribution is -0.116. The summed E-state index contributed by atoms with van der Waals surface area (Å²) in [6, 6.07) is 14.6. The quantitative estimate of drug-likeness (QED) is 0.747. The molecule has 28 heavy (non-hydrogen) atoms. The van der Waals surface area contributed by atoms with Crippen LogP contribution in [0.1, 0.15) is 31.2 Å². The first-order valence-corrected chi connectivity index (χ1v) is 11.1. The van der Waals surface area contributed by atoms with E-state index in [9.17, 15) is 13.2 Å². The van der Waals surface area contributed by atoms with Gasteiger partial charge in [0.05, 0.1) is 4.90 Å². The number of hydrogen-bond acceptors (Lipinski definition) is 4. The van der Waals surface area contributed by atoms with Gasteiger partial charge in [0.2, 0.25) is 15.9 Å². The largest absolute Gasteiger partial charge is 0.372 e. The van der Waals surface area contributed by atoms with Gasteiger partial charge in [-0.05, 0) is 74.7 Å². The minimum atomic E-state index is -3.43. The molecule has 0 unspecified atom stereocenters. The zero-order chi connectivity index (χ0) is 20.0. The number of hydrogen-bond donors (Lipinski definition) is 2. The van der Waals surface area contributed by atoms with Gasteiger partial charge in [0.15, 0.2) is 0 Å². The molecule has 150 valence electrons. The summed E-state index contributed by atoms with van der Waals surface area (Å²) in [5.74, 6) is -0.0577. The highest BCUT2D eigenvalue weighted by atomic mass is 32.2. The average Bonchev–Trinajstić information content (AvgIpc) is 2.74. The molecular weight excluding hydrogens is 374 g/mol. The maximum absolute atomic E-state index is 12.2. The third-order valence-corrected chi connectivity index (χ3v) is 6.45. The molecule has 0 atom stereocenters. The van der Waals surface area contributed by atoms with Crippen molar-refractivity contribution in [3.63, 3.8) is 0 Å². The molecule has 0 saturated carbocycles. The second-order valence-corrected chi connectivity index (χ2v) is 8.88. The van der Waals surface area contributed by atoms with Gasteiger partial charge in [0, 0.05) is 30.9 Å². The van der Waals surface area contributed by atoms with Crippen LogP contribution >= 0.6 is 0 Å². The molecule has 0 aliphatic carbocycles. The molecule has 1 aliphatic rings. The third kappa shape index (κ3) is 5.33. The zero-order valence-corrected chi connectivity index (χ0v) is 17.0. The summed E-state index contributed by atoms with van der Waals surface area (Å²) in [5.41, 5.74) is 2.92. The Labute approximate surface area is 167 Å². The Morgan fingerprint density at radius 1 is 0.964 bits per heavy atom. The van der Waals surface area contributed by atoms with Gasteiger partial charge in [0.25, 0.3) is 0 Å². The fraction of sp³-hybridized carbons (Fsp3) is 0.381. The van der Waals surface area contributed by atoms with Gasteiger partial charge in [-0.25, -0.2) is 13.1 Å². The fourth-order valence-corrected chi connectivity index (χ4v) is 4.07. The molecule has 0 spiro atoms. The van der Waals surface area contributed by atoms with Crippen LogP contribution in [0, 0.1) is 0 Å². The number of nitrogens with zero attached hydrogens (tertiary/aromatic N) is 1. The van der Waals surface area contributed by atoms with Crippen LogP contribution in [0.3, 0.4) is 0 Å². The summed E-state index contributed by atoms with van der Waals surface area (Å²) in [5, 5.41) is 2.92. The number of carbonyl (C=O) groups excluding carboxylic acids is 1. The van der Waals surface area contributed by atoms with Crippen LogP contribution in [0.25, 0.3) is 0 Å². The predicted molar refractivity (Wildman–Crippen MR) is 112 cm³/mol. The molecule has 1 saturated heterocycles. The Bertz CT molecular complexity index is 887. The van der Waals surface area contributed by atoms with Gasteiger partial charge in [-0.2, -0.15) is 0 Å². The zero-order valence-electron chi connectivity index (χ0n) is 16.1. The van der Waals surface area contributed by atoms with E-state index in [-0.39, 0.29) is 10.8 Å². The molecule has 1 heterocycles. The summed E-state index contributed by atoms with van der Waals surface area (Å²) in [7, 11) is -2.05. The summed E-state index contributed by atoms with van der Waals surface area (Å²) in [4.78, 5) is 14.8. The van der Waals surface area contributed by atoms with Crippen LogP contribution in [-0.2, 0) is 21.2 Å². The fourth-order valence-electron chi connectivity index (χ4n) is 3.34. The minimum absolute atomic E-state index is 0.0577. The SMILES string of the molecule is CNS(=O)(=O)c1ccc(CCC(=O)Nc2ccc(N3CCCCC3)cc2)cc1. The standard InChI is InChI=1S/C21H27N3O3S/c1-22-28(26,27)20-12-5-17(6-13-20)7-14-21(25)23-18-8-10-19(11-9-18)24-15-3-2-4-16-24/h5-6,8-13,22H,2-4,7,14-16H2,1H3,(H,23,25). The van der Waals surface area contributed by atoms with Crippen molar-refractivity contribution >= 4 is 27.3 Å². The highest BCUT2D eigenvalue weighted by molar-refractivity contribution is 7.89. The van der Waals surface area contributed by atoms with Gasteiger partial charge < -0.3 is 10.2 Å². The Hall–Kier alpha value is -2.38. The Morgan fingerprint density at radius 3 is 2.21 bits per heavy atom. The van der Waals surface area contributed by atoms with E-state index in [0.717, 1.165) is 24.3 Å². The van der Waals surface area contributed by atoms with E-state index < -0.39 is 10.0 Å². The monoisotopic (exact) mass is 401 g/mol. The predicted octanol–water partition coefficient (Wildman–Crippen LogP) is 3.16. The van der Waals surface area contributed by atoms with Crippen LogP contribution in [0.5, 0.6) is 0 Å². The van der Waals surface area contributed by atoms with E-state index in [1.54, 1.807) is 24.3 Å². The molecule has 6 nitrogen and oxygen atoms in total. The molecule has 0 radical (unpaired) electrons. The molecule has 7 heteroatoms. The lowest BCUT2D eigenvalue weighted by atomic mass is 10.1. The highest BCUT2D eigenvalue weighted by Crippen LogP contribution is 2.22. The number of rotatable bonds is 7. The maximum Gasteiger partial charge on any atom is 0.240 e. The second-order valence-electron chi connectivity index (χ2n) is 6.99. The van der Waals surface area contributed by atoms with Crippen molar-refractivity contribution in [1.82, 2.24) is 4.72 Å². The number of amides is 1. The number of nitrogens with one attached hydrogen (secondary N) is 2. The molecule has 0 bridgehead atoms. The van der Waals surface area contributed by atoms with Crippen molar-refractivity contribution in [2.75, 3.05) is 30.4 Å². The Morgan fingerprint density at radius 2 is 1.61 bits per heavy atom. The normalized spacial score (nSPS) is 14.7. The van der Waals surface area contributed by atoms with Crippen molar-refractivity contribution in [1.29, 1.82) is 0 Å². The van der Waals surface area contributed by atoms with Crippen LogP contribution in [0.15, 0.2) is 53.4 Å². The molecule has 2 aromatic rings. The van der Waals surface area contributed by atoms with Crippen molar-refractivity contribution < 1.29 is 13.2 Å². The second kappa shape index (κ2) is 9.21.